The normalized spacial score (nSPS) is 15.6. The molecule has 0 radical (unpaired) electrons. The van der Waals surface area contributed by atoms with Gasteiger partial charge < -0.3 is 5.32 Å². The predicted molar refractivity (Wildman–Crippen MR) is 86.7 cm³/mol. The van der Waals surface area contributed by atoms with Gasteiger partial charge in [-0.1, -0.05) is 38.1 Å². The molecule has 1 aromatic rings. The molecular formula is C18H30N2. The van der Waals surface area contributed by atoms with Gasteiger partial charge in [0.15, 0.2) is 0 Å². The van der Waals surface area contributed by atoms with Gasteiger partial charge in [0, 0.05) is 31.7 Å². The van der Waals surface area contributed by atoms with Gasteiger partial charge in [0.25, 0.3) is 0 Å². The molecule has 1 aliphatic carbocycles. The van der Waals surface area contributed by atoms with Crippen LogP contribution in [0.15, 0.2) is 24.3 Å². The molecule has 1 N–H and O–H groups in total. The first-order valence-electron chi connectivity index (χ1n) is 8.10. The highest BCUT2D eigenvalue weighted by molar-refractivity contribution is 5.23. The quantitative estimate of drug-likeness (QED) is 0.775. The van der Waals surface area contributed by atoms with Crippen molar-refractivity contribution < 1.29 is 0 Å². The number of rotatable bonds is 8. The zero-order valence-electron chi connectivity index (χ0n) is 13.5. The van der Waals surface area contributed by atoms with Crippen molar-refractivity contribution in [2.24, 2.45) is 5.92 Å². The number of nitrogens with one attached hydrogen (secondary N) is 1. The van der Waals surface area contributed by atoms with Crippen molar-refractivity contribution in [1.29, 1.82) is 0 Å². The molecule has 2 nitrogen and oxygen atoms in total. The Balaban J connectivity index is 1.94. The average molecular weight is 274 g/mol. The van der Waals surface area contributed by atoms with Crippen LogP contribution in [-0.2, 0) is 13.1 Å². The van der Waals surface area contributed by atoms with E-state index in [2.05, 4.69) is 62.2 Å². The molecule has 0 bridgehead atoms. The summed E-state index contributed by atoms with van der Waals surface area (Å²) in [6.45, 7) is 12.3. The van der Waals surface area contributed by atoms with Crippen LogP contribution in [0.3, 0.4) is 0 Å². The summed E-state index contributed by atoms with van der Waals surface area (Å²) in [6, 6.07) is 10.2. The van der Waals surface area contributed by atoms with Gasteiger partial charge in [-0.15, -0.1) is 0 Å². The standard InChI is InChI=1S/C18H30N2/c1-14(2)19-11-17-6-5-7-18(10-17)13-20(15(3)4)12-16-8-9-16/h5-7,10,14-16,19H,8-9,11-13H2,1-4H3. The Kier molecular flexibility index (Phi) is 5.62. The summed E-state index contributed by atoms with van der Waals surface area (Å²) in [5.41, 5.74) is 2.84. The van der Waals surface area contributed by atoms with E-state index in [0.29, 0.717) is 12.1 Å². The number of benzene rings is 1. The Morgan fingerprint density at radius 1 is 1.15 bits per heavy atom. The van der Waals surface area contributed by atoms with Gasteiger partial charge in [0.05, 0.1) is 0 Å². The molecule has 1 fully saturated rings. The lowest BCUT2D eigenvalue weighted by Crippen LogP contribution is -2.32. The molecule has 0 saturated heterocycles. The molecule has 20 heavy (non-hydrogen) atoms. The van der Waals surface area contributed by atoms with E-state index < -0.39 is 0 Å². The van der Waals surface area contributed by atoms with E-state index in [1.807, 2.05) is 0 Å². The summed E-state index contributed by atoms with van der Waals surface area (Å²) in [6.07, 6.45) is 2.86. The van der Waals surface area contributed by atoms with Crippen LogP contribution in [0.2, 0.25) is 0 Å². The van der Waals surface area contributed by atoms with Crippen molar-refractivity contribution in [3.63, 3.8) is 0 Å². The Labute approximate surface area is 124 Å². The van der Waals surface area contributed by atoms with Gasteiger partial charge in [-0.2, -0.15) is 0 Å². The lowest BCUT2D eigenvalue weighted by molar-refractivity contribution is 0.204. The molecule has 0 heterocycles. The van der Waals surface area contributed by atoms with Crippen LogP contribution in [0.4, 0.5) is 0 Å². The maximum Gasteiger partial charge on any atom is 0.0236 e. The van der Waals surface area contributed by atoms with Crippen molar-refractivity contribution in [2.75, 3.05) is 6.54 Å². The predicted octanol–water partition coefficient (Wildman–Crippen LogP) is 3.81. The van der Waals surface area contributed by atoms with Crippen LogP contribution in [0, 0.1) is 5.92 Å². The van der Waals surface area contributed by atoms with Crippen LogP contribution in [0.5, 0.6) is 0 Å². The van der Waals surface area contributed by atoms with Gasteiger partial charge in [-0.25, -0.2) is 0 Å². The first-order valence-corrected chi connectivity index (χ1v) is 8.10. The van der Waals surface area contributed by atoms with Crippen molar-refractivity contribution >= 4 is 0 Å². The van der Waals surface area contributed by atoms with E-state index in [0.717, 1.165) is 19.0 Å². The van der Waals surface area contributed by atoms with Gasteiger partial charge in [-0.3, -0.25) is 4.90 Å². The lowest BCUT2D eigenvalue weighted by atomic mass is 10.1. The minimum atomic E-state index is 0.542. The van der Waals surface area contributed by atoms with Crippen LogP contribution < -0.4 is 5.32 Å². The zero-order valence-corrected chi connectivity index (χ0v) is 13.5. The van der Waals surface area contributed by atoms with Gasteiger partial charge >= 0.3 is 0 Å². The number of nitrogens with zero attached hydrogens (tertiary/aromatic N) is 1. The third-order valence-electron chi connectivity index (χ3n) is 4.01. The lowest BCUT2D eigenvalue weighted by Gasteiger charge is -2.26. The third-order valence-corrected chi connectivity index (χ3v) is 4.01. The molecule has 2 rings (SSSR count). The SMILES string of the molecule is CC(C)NCc1cccc(CN(CC2CC2)C(C)C)c1. The summed E-state index contributed by atoms with van der Waals surface area (Å²) >= 11 is 0. The molecule has 0 aromatic heterocycles. The highest BCUT2D eigenvalue weighted by atomic mass is 15.1. The van der Waals surface area contributed by atoms with Gasteiger partial charge in [0.2, 0.25) is 0 Å². The van der Waals surface area contributed by atoms with E-state index in [9.17, 15) is 0 Å². The van der Waals surface area contributed by atoms with Crippen LogP contribution >= 0.6 is 0 Å². The fraction of sp³-hybridized carbons (Fsp3) is 0.667. The molecule has 2 heteroatoms. The fourth-order valence-corrected chi connectivity index (χ4v) is 2.48. The molecule has 1 aliphatic rings. The van der Waals surface area contributed by atoms with Crippen molar-refractivity contribution in [3.8, 4) is 0 Å². The highest BCUT2D eigenvalue weighted by Gasteiger charge is 2.25. The maximum atomic E-state index is 3.49. The average Bonchev–Trinajstić information content (AvgIpc) is 3.20. The van der Waals surface area contributed by atoms with Crippen molar-refractivity contribution in [2.45, 2.75) is 65.7 Å². The Bertz CT molecular complexity index is 408. The van der Waals surface area contributed by atoms with Gasteiger partial charge in [0.1, 0.15) is 0 Å². The molecule has 0 aliphatic heterocycles. The van der Waals surface area contributed by atoms with E-state index in [1.165, 1.54) is 30.5 Å². The molecule has 0 unspecified atom stereocenters. The maximum absolute atomic E-state index is 3.49. The number of hydrogen-bond donors (Lipinski definition) is 1. The third kappa shape index (κ3) is 5.26. The van der Waals surface area contributed by atoms with Crippen molar-refractivity contribution in [3.05, 3.63) is 35.4 Å². The summed E-state index contributed by atoms with van der Waals surface area (Å²) in [4.78, 5) is 2.62. The summed E-state index contributed by atoms with van der Waals surface area (Å²) < 4.78 is 0. The summed E-state index contributed by atoms with van der Waals surface area (Å²) in [5, 5.41) is 3.49. The van der Waals surface area contributed by atoms with Crippen LogP contribution in [-0.4, -0.2) is 23.5 Å². The Morgan fingerprint density at radius 3 is 2.45 bits per heavy atom. The number of hydrogen-bond acceptors (Lipinski definition) is 2. The zero-order chi connectivity index (χ0) is 14.5. The first kappa shape index (κ1) is 15.5. The van der Waals surface area contributed by atoms with E-state index in [1.54, 1.807) is 0 Å². The Hall–Kier alpha value is -0.860. The molecule has 0 spiro atoms. The first-order chi connectivity index (χ1) is 9.54. The smallest absolute Gasteiger partial charge is 0.0236 e. The second-order valence-corrected chi connectivity index (χ2v) is 6.82. The second-order valence-electron chi connectivity index (χ2n) is 6.82. The minimum Gasteiger partial charge on any atom is -0.310 e. The molecule has 1 aromatic carbocycles. The Morgan fingerprint density at radius 2 is 1.85 bits per heavy atom. The van der Waals surface area contributed by atoms with Gasteiger partial charge in [-0.05, 0) is 43.7 Å². The van der Waals surface area contributed by atoms with Crippen molar-refractivity contribution in [1.82, 2.24) is 10.2 Å². The fourth-order valence-electron chi connectivity index (χ4n) is 2.48. The topological polar surface area (TPSA) is 15.3 Å². The molecular weight excluding hydrogens is 244 g/mol. The van der Waals surface area contributed by atoms with Crippen LogP contribution in [0.1, 0.15) is 51.7 Å². The highest BCUT2D eigenvalue weighted by Crippen LogP contribution is 2.30. The summed E-state index contributed by atoms with van der Waals surface area (Å²) in [5.74, 6) is 0.961. The monoisotopic (exact) mass is 274 g/mol. The molecule has 0 atom stereocenters. The molecule has 1 saturated carbocycles. The minimum absolute atomic E-state index is 0.542. The largest absolute Gasteiger partial charge is 0.310 e. The summed E-state index contributed by atoms with van der Waals surface area (Å²) in [7, 11) is 0. The van der Waals surface area contributed by atoms with E-state index in [4.69, 9.17) is 0 Å². The molecule has 0 amide bonds. The van der Waals surface area contributed by atoms with E-state index >= 15 is 0 Å². The molecule has 112 valence electrons. The second kappa shape index (κ2) is 7.24. The van der Waals surface area contributed by atoms with E-state index in [-0.39, 0.29) is 0 Å². The van der Waals surface area contributed by atoms with Crippen LogP contribution in [0.25, 0.3) is 0 Å².